The van der Waals surface area contributed by atoms with Crippen LogP contribution in [0.15, 0.2) is 168 Å². The van der Waals surface area contributed by atoms with Gasteiger partial charge in [0.15, 0.2) is 0 Å². The fourth-order valence-electron chi connectivity index (χ4n) is 9.94. The molecule has 2 unspecified atom stereocenters. The summed E-state index contributed by atoms with van der Waals surface area (Å²) in [6.45, 7) is 32.2. The van der Waals surface area contributed by atoms with Crippen LogP contribution in [0.3, 0.4) is 0 Å². The predicted molar refractivity (Wildman–Crippen MR) is 342 cm³/mol. The van der Waals surface area contributed by atoms with Crippen LogP contribution in [-0.2, 0) is 32.8 Å². The molecule has 0 aromatic heterocycles. The topological polar surface area (TPSA) is 89.5 Å². The Hall–Kier alpha value is -6.02. The zero-order valence-electron chi connectivity index (χ0n) is 51.0. The average Bonchev–Trinajstić information content (AvgIpc) is 3.52. The average molecular weight is 1150 g/mol. The largest absolute Gasteiger partial charge is 0.497 e. The number of ether oxygens (including phenoxy) is 6. The zero-order valence-corrected chi connectivity index (χ0v) is 53.8. The van der Waals surface area contributed by atoms with Crippen LogP contribution in [-0.4, -0.2) is 58.1 Å². The molecule has 6 aromatic carbocycles. The number of methoxy groups -OCH3 is 1. The van der Waals surface area contributed by atoms with Crippen molar-refractivity contribution in [3.8, 4) is 34.5 Å². The number of unbranched alkanes of at least 4 members (excludes halogenated alkanes) is 2. The maximum atomic E-state index is 13.6. The maximum absolute atomic E-state index is 13.6. The van der Waals surface area contributed by atoms with E-state index >= 15 is 0 Å². The Morgan fingerprint density at radius 1 is 0.556 bits per heavy atom. The number of allylic oxidation sites excluding steroid dienone is 2. The summed E-state index contributed by atoms with van der Waals surface area (Å²) >= 11 is 0. The summed E-state index contributed by atoms with van der Waals surface area (Å²) in [6, 6.07) is 46.3. The lowest BCUT2D eigenvalue weighted by Crippen LogP contribution is -2.20. The van der Waals surface area contributed by atoms with Gasteiger partial charge in [0, 0.05) is 21.6 Å². The van der Waals surface area contributed by atoms with E-state index in [9.17, 15) is 8.42 Å². The van der Waals surface area contributed by atoms with Crippen LogP contribution in [0.4, 0.5) is 0 Å². The number of hydrogen-bond acceptors (Lipinski definition) is 8. The molecule has 0 saturated carbocycles. The van der Waals surface area contributed by atoms with Gasteiger partial charge in [0.25, 0.3) is 0 Å². The predicted octanol–water partition coefficient (Wildman–Crippen LogP) is 19.0. The van der Waals surface area contributed by atoms with Gasteiger partial charge < -0.3 is 28.4 Å². The van der Waals surface area contributed by atoms with Gasteiger partial charge in [0.05, 0.1) is 43.3 Å². The molecule has 2 atom stereocenters. The van der Waals surface area contributed by atoms with Crippen molar-refractivity contribution in [3.63, 3.8) is 0 Å². The normalized spacial score (nSPS) is 13.1. The Morgan fingerprint density at radius 2 is 1.02 bits per heavy atom. The molecule has 8 nitrogen and oxygen atoms in total. The molecule has 0 fully saturated rings. The molecule has 436 valence electrons. The van der Waals surface area contributed by atoms with Crippen LogP contribution in [0.25, 0.3) is 0 Å². The van der Waals surface area contributed by atoms with Crippen molar-refractivity contribution in [1.29, 1.82) is 0 Å². The van der Waals surface area contributed by atoms with Crippen LogP contribution in [0.2, 0.25) is 51.4 Å². The van der Waals surface area contributed by atoms with E-state index in [1.54, 1.807) is 61.7 Å². The van der Waals surface area contributed by atoms with E-state index in [-0.39, 0.29) is 15.7 Å². The zero-order chi connectivity index (χ0) is 58.6. The molecule has 0 aliphatic rings. The van der Waals surface area contributed by atoms with Gasteiger partial charge >= 0.3 is 0 Å². The second kappa shape index (κ2) is 30.3. The van der Waals surface area contributed by atoms with Crippen molar-refractivity contribution in [2.24, 2.45) is 0 Å². The fraction of sp³-hybridized carbons (Fsp3) is 0.429. The van der Waals surface area contributed by atoms with E-state index in [1.807, 2.05) is 13.0 Å². The minimum atomic E-state index is -3.76. The molecule has 0 amide bonds. The van der Waals surface area contributed by atoms with Crippen molar-refractivity contribution < 1.29 is 36.8 Å². The first kappa shape index (κ1) is 64.2. The molecule has 0 radical (unpaired) electrons. The van der Waals surface area contributed by atoms with E-state index in [1.165, 1.54) is 39.9 Å². The minimum absolute atomic E-state index is 0.189. The van der Waals surface area contributed by atoms with Crippen LogP contribution >= 0.6 is 0 Å². The second-order valence-corrected chi connectivity index (χ2v) is 37.9. The Labute approximate surface area is 490 Å². The number of rotatable bonds is 34. The summed E-state index contributed by atoms with van der Waals surface area (Å²) in [4.78, 5) is 0.388. The van der Waals surface area contributed by atoms with Crippen molar-refractivity contribution in [3.05, 3.63) is 191 Å². The molecule has 81 heavy (non-hydrogen) atoms. The van der Waals surface area contributed by atoms with Gasteiger partial charge in [0.2, 0.25) is 9.84 Å². The molecular formula is C70H94O8SSi2. The van der Waals surface area contributed by atoms with Gasteiger partial charge in [-0.2, -0.15) is 0 Å². The third-order valence-electron chi connectivity index (χ3n) is 15.3. The molecular weight excluding hydrogens is 1060 g/mol. The van der Waals surface area contributed by atoms with Gasteiger partial charge in [-0.25, -0.2) is 8.42 Å². The summed E-state index contributed by atoms with van der Waals surface area (Å²) in [5.74, 6) is 6.04. The smallest absolute Gasteiger partial charge is 0.206 e. The summed E-state index contributed by atoms with van der Waals surface area (Å²) in [6.07, 6.45) is 12.1. The Morgan fingerprint density at radius 3 is 1.51 bits per heavy atom. The van der Waals surface area contributed by atoms with Gasteiger partial charge in [-0.05, 0) is 207 Å². The summed E-state index contributed by atoms with van der Waals surface area (Å²) < 4.78 is 64.3. The Bertz CT molecular complexity index is 3060. The monoisotopic (exact) mass is 1150 g/mol. The van der Waals surface area contributed by atoms with E-state index < -0.39 is 31.4 Å². The molecule has 0 aliphatic heterocycles. The third-order valence-corrected chi connectivity index (χ3v) is 20.8. The van der Waals surface area contributed by atoms with E-state index in [2.05, 4.69) is 158 Å². The molecule has 0 saturated heterocycles. The van der Waals surface area contributed by atoms with Gasteiger partial charge in [0.1, 0.15) is 40.3 Å². The van der Waals surface area contributed by atoms with E-state index in [0.717, 1.165) is 105 Å². The minimum Gasteiger partial charge on any atom is -0.497 e. The van der Waals surface area contributed by atoms with Crippen LogP contribution in [0, 0.1) is 0 Å². The SMILES string of the molecule is C=CC(=CC)OCCCCCOc1ccc(C(C)(C)c2ccc(Oc3ccc(S(=O)(=O)c4ccc(OC)cc4)cc3)c(CCC(C)c3cccc(OCCC[Si](C)(C)C)c3)c2)cc1CCC(C)c1cccc(OCCC[Si](C)(C)C)c1. The lowest BCUT2D eigenvalue weighted by molar-refractivity contribution is 0.212. The lowest BCUT2D eigenvalue weighted by Gasteiger charge is -2.29. The second-order valence-electron chi connectivity index (χ2n) is 24.7. The molecule has 0 heterocycles. The molecule has 0 spiro atoms. The Kier molecular flexibility index (Phi) is 24.0. The number of benzene rings is 6. The first-order chi connectivity index (χ1) is 38.6. The first-order valence-electron chi connectivity index (χ1n) is 29.5. The van der Waals surface area contributed by atoms with E-state index in [4.69, 9.17) is 28.4 Å². The molecule has 0 aliphatic carbocycles. The number of hydrogen-bond donors (Lipinski definition) is 0. The summed E-state index contributed by atoms with van der Waals surface area (Å²) in [7, 11) is -4.45. The Balaban J connectivity index is 1.26. The van der Waals surface area contributed by atoms with Crippen LogP contribution in [0.5, 0.6) is 34.5 Å². The maximum Gasteiger partial charge on any atom is 0.206 e. The summed E-state index contributed by atoms with van der Waals surface area (Å²) in [5, 5.41) is 0. The van der Waals surface area contributed by atoms with Crippen molar-refractivity contribution in [1.82, 2.24) is 0 Å². The standard InChI is InChI=1S/C70H94O8SSi2/c1-14-61(15-2)74-43-17-16-18-44-77-68-41-31-59(49-57(68)29-27-53(3)55-23-19-25-64(51-55)75-45-21-47-80(8,9)10)70(5,6)60-32-42-69(78-63-35-39-67(40-36-63)79(71,72)66-37-33-62(73-7)34-38-66)58(50-60)30-28-54(4)56-24-20-26-65(52-56)76-46-22-48-81(11,12)13/h14-15,19-20,23-26,31-42,49-54H,1,16-18,21-22,27-30,43-48H2,2-13H3. The fourth-order valence-corrected chi connectivity index (χ4v) is 13.6. The van der Waals surface area contributed by atoms with Crippen molar-refractivity contribution in [2.75, 3.05) is 33.5 Å². The van der Waals surface area contributed by atoms with Crippen molar-refractivity contribution >= 4 is 26.0 Å². The highest BCUT2D eigenvalue weighted by atomic mass is 32.2. The van der Waals surface area contributed by atoms with Gasteiger partial charge in [-0.3, -0.25) is 0 Å². The van der Waals surface area contributed by atoms with Gasteiger partial charge in [-0.1, -0.05) is 134 Å². The van der Waals surface area contributed by atoms with Crippen molar-refractivity contribution in [2.45, 2.75) is 171 Å². The highest BCUT2D eigenvalue weighted by Gasteiger charge is 2.27. The molecule has 11 heteroatoms. The first-order valence-corrected chi connectivity index (χ1v) is 38.4. The lowest BCUT2D eigenvalue weighted by atomic mass is 9.76. The number of aryl methyl sites for hydroxylation is 2. The molecule has 6 rings (SSSR count). The van der Waals surface area contributed by atoms with Crippen LogP contribution in [0.1, 0.15) is 125 Å². The molecule has 6 aromatic rings. The van der Waals surface area contributed by atoms with Crippen LogP contribution < -0.4 is 23.7 Å². The quantitative estimate of drug-likeness (QED) is 0.0171. The number of sulfone groups is 1. The summed E-state index contributed by atoms with van der Waals surface area (Å²) in [5.41, 5.74) is 6.78. The molecule has 0 N–H and O–H groups in total. The highest BCUT2D eigenvalue weighted by Crippen LogP contribution is 2.40. The van der Waals surface area contributed by atoms with E-state index in [0.29, 0.717) is 30.6 Å². The highest BCUT2D eigenvalue weighted by molar-refractivity contribution is 7.91. The third kappa shape index (κ3) is 20.1. The van der Waals surface area contributed by atoms with Gasteiger partial charge in [-0.15, -0.1) is 0 Å². The molecule has 0 bridgehead atoms.